The first kappa shape index (κ1) is 10.9. The molecule has 2 aromatic heterocycles. The predicted octanol–water partition coefficient (Wildman–Crippen LogP) is 2.47. The zero-order valence-corrected chi connectivity index (χ0v) is 10.4. The normalized spacial score (nSPS) is 15.1. The molecule has 0 atom stereocenters. The molecule has 4 heteroatoms. The van der Waals surface area contributed by atoms with Gasteiger partial charge in [0.2, 0.25) is 0 Å². The van der Waals surface area contributed by atoms with Gasteiger partial charge in [0.05, 0.1) is 10.7 Å². The second kappa shape index (κ2) is 4.55. The van der Waals surface area contributed by atoms with E-state index in [2.05, 4.69) is 4.98 Å². The van der Waals surface area contributed by atoms with E-state index in [1.54, 1.807) is 11.3 Å². The molecule has 2 N–H and O–H groups in total. The summed E-state index contributed by atoms with van der Waals surface area (Å²) in [6, 6.07) is 4.08. The lowest BCUT2D eigenvalue weighted by atomic mass is 10.2. The molecule has 1 fully saturated rings. The molecule has 1 saturated carbocycles. The highest BCUT2D eigenvalue weighted by Crippen LogP contribution is 2.42. The molecule has 3 rings (SSSR count). The first-order chi connectivity index (χ1) is 8.36. The lowest BCUT2D eigenvalue weighted by molar-refractivity contribution is 0.958. The topological polar surface area (TPSA) is 51.8 Å². The number of hydrogen-bond donors (Lipinski definition) is 1. The first-order valence-corrected chi connectivity index (χ1v) is 6.76. The number of rotatable bonds is 4. The van der Waals surface area contributed by atoms with E-state index in [-0.39, 0.29) is 0 Å². The van der Waals surface area contributed by atoms with Crippen molar-refractivity contribution in [3.8, 4) is 0 Å². The molecule has 0 radical (unpaired) electrons. The van der Waals surface area contributed by atoms with Gasteiger partial charge in [-0.2, -0.15) is 0 Å². The van der Waals surface area contributed by atoms with E-state index >= 15 is 0 Å². The third kappa shape index (κ3) is 2.37. The van der Waals surface area contributed by atoms with Gasteiger partial charge in [-0.3, -0.25) is 4.98 Å². The number of hydrogen-bond acceptors (Lipinski definition) is 4. The minimum atomic E-state index is 0.625. The van der Waals surface area contributed by atoms with Gasteiger partial charge < -0.3 is 5.73 Å². The quantitative estimate of drug-likeness (QED) is 0.900. The first-order valence-electron chi connectivity index (χ1n) is 5.94. The maximum Gasteiger partial charge on any atom is 0.0975 e. The lowest BCUT2D eigenvalue weighted by Gasteiger charge is -1.95. The Morgan fingerprint density at radius 3 is 2.71 bits per heavy atom. The zero-order valence-electron chi connectivity index (χ0n) is 9.60. The number of thiazole rings is 1. The lowest BCUT2D eigenvalue weighted by Crippen LogP contribution is -1.96. The van der Waals surface area contributed by atoms with Crippen molar-refractivity contribution in [1.82, 2.24) is 9.97 Å². The highest BCUT2D eigenvalue weighted by molar-refractivity contribution is 7.11. The van der Waals surface area contributed by atoms with Crippen LogP contribution >= 0.6 is 11.3 Å². The summed E-state index contributed by atoms with van der Waals surface area (Å²) >= 11 is 1.77. The van der Waals surface area contributed by atoms with Gasteiger partial charge in [-0.15, -0.1) is 11.3 Å². The van der Waals surface area contributed by atoms with Gasteiger partial charge in [-0.25, -0.2) is 4.98 Å². The van der Waals surface area contributed by atoms with Crippen LogP contribution in [0.5, 0.6) is 0 Å². The minimum absolute atomic E-state index is 0.625. The van der Waals surface area contributed by atoms with Crippen molar-refractivity contribution in [3.63, 3.8) is 0 Å². The molecule has 0 amide bonds. The summed E-state index contributed by atoms with van der Waals surface area (Å²) in [6.07, 6.45) is 7.12. The molecule has 1 aliphatic rings. The summed E-state index contributed by atoms with van der Waals surface area (Å²) in [6.45, 7) is 0.625. The zero-order chi connectivity index (χ0) is 11.7. The van der Waals surface area contributed by atoms with Crippen molar-refractivity contribution in [2.24, 2.45) is 5.73 Å². The smallest absolute Gasteiger partial charge is 0.0975 e. The van der Waals surface area contributed by atoms with Crippen LogP contribution in [-0.2, 0) is 13.0 Å². The van der Waals surface area contributed by atoms with Crippen LogP contribution in [0.2, 0.25) is 0 Å². The van der Waals surface area contributed by atoms with E-state index in [0.717, 1.165) is 6.42 Å². The van der Waals surface area contributed by atoms with Crippen molar-refractivity contribution < 1.29 is 0 Å². The molecule has 0 unspecified atom stereocenters. The fourth-order valence-electron chi connectivity index (χ4n) is 1.99. The van der Waals surface area contributed by atoms with Gasteiger partial charge in [-0.05, 0) is 30.5 Å². The monoisotopic (exact) mass is 245 g/mol. The molecular formula is C13H15N3S. The molecule has 2 heterocycles. The van der Waals surface area contributed by atoms with Crippen LogP contribution < -0.4 is 5.73 Å². The fraction of sp³-hybridized carbons (Fsp3) is 0.385. The number of pyridine rings is 1. The third-order valence-electron chi connectivity index (χ3n) is 3.03. The van der Waals surface area contributed by atoms with Crippen LogP contribution in [0.4, 0.5) is 0 Å². The average molecular weight is 245 g/mol. The van der Waals surface area contributed by atoms with Crippen LogP contribution in [0.25, 0.3) is 0 Å². The van der Waals surface area contributed by atoms with Gasteiger partial charge in [0, 0.05) is 36.2 Å². The highest BCUT2D eigenvalue weighted by Gasteiger charge is 2.29. The molecule has 0 saturated heterocycles. The second-order valence-corrected chi connectivity index (χ2v) is 5.59. The van der Waals surface area contributed by atoms with Gasteiger partial charge in [0.15, 0.2) is 0 Å². The van der Waals surface area contributed by atoms with Gasteiger partial charge >= 0.3 is 0 Å². The van der Waals surface area contributed by atoms with Crippen LogP contribution in [0.1, 0.15) is 39.9 Å². The predicted molar refractivity (Wildman–Crippen MR) is 69.0 cm³/mol. The summed E-state index contributed by atoms with van der Waals surface area (Å²) in [7, 11) is 0. The number of nitrogens with zero attached hydrogens (tertiary/aromatic N) is 2. The Labute approximate surface area is 105 Å². The van der Waals surface area contributed by atoms with Crippen LogP contribution in [0.3, 0.4) is 0 Å². The molecule has 2 aromatic rings. The SMILES string of the molecule is NCc1sc(Cc2ccncc2)nc1C1CC1. The van der Waals surface area contributed by atoms with E-state index in [4.69, 9.17) is 10.7 Å². The number of aromatic nitrogens is 2. The number of nitrogens with two attached hydrogens (primary N) is 1. The van der Waals surface area contributed by atoms with Gasteiger partial charge in [-0.1, -0.05) is 0 Å². The average Bonchev–Trinajstić information content (AvgIpc) is 3.13. The molecule has 88 valence electrons. The van der Waals surface area contributed by atoms with E-state index in [0.29, 0.717) is 12.5 Å². The molecule has 17 heavy (non-hydrogen) atoms. The summed E-state index contributed by atoms with van der Waals surface area (Å²) in [4.78, 5) is 10.1. The van der Waals surface area contributed by atoms with Crippen molar-refractivity contribution in [3.05, 3.63) is 45.7 Å². The Bertz CT molecular complexity index is 503. The molecule has 0 bridgehead atoms. The van der Waals surface area contributed by atoms with E-state index < -0.39 is 0 Å². The third-order valence-corrected chi connectivity index (χ3v) is 4.12. The summed E-state index contributed by atoms with van der Waals surface area (Å²) in [5.74, 6) is 0.691. The van der Waals surface area contributed by atoms with Crippen LogP contribution in [-0.4, -0.2) is 9.97 Å². The highest BCUT2D eigenvalue weighted by atomic mass is 32.1. The summed E-state index contributed by atoms with van der Waals surface area (Å²) < 4.78 is 0. The molecule has 0 aliphatic heterocycles. The Morgan fingerprint density at radius 2 is 2.06 bits per heavy atom. The van der Waals surface area contributed by atoms with E-state index in [9.17, 15) is 0 Å². The molecule has 0 aromatic carbocycles. The maximum atomic E-state index is 5.78. The Morgan fingerprint density at radius 1 is 1.29 bits per heavy atom. The van der Waals surface area contributed by atoms with Crippen LogP contribution in [0.15, 0.2) is 24.5 Å². The molecule has 1 aliphatic carbocycles. The van der Waals surface area contributed by atoms with Crippen LogP contribution in [0, 0.1) is 0 Å². The van der Waals surface area contributed by atoms with E-state index in [1.807, 2.05) is 24.5 Å². The van der Waals surface area contributed by atoms with Crippen molar-refractivity contribution in [2.45, 2.75) is 31.7 Å². The van der Waals surface area contributed by atoms with Gasteiger partial charge in [0.1, 0.15) is 0 Å². The fourth-order valence-corrected chi connectivity index (χ4v) is 3.05. The molecule has 0 spiro atoms. The second-order valence-electron chi connectivity index (χ2n) is 4.43. The summed E-state index contributed by atoms with van der Waals surface area (Å²) in [5.41, 5.74) is 8.31. The Balaban J connectivity index is 1.83. The molecule has 3 nitrogen and oxygen atoms in total. The van der Waals surface area contributed by atoms with Crippen molar-refractivity contribution >= 4 is 11.3 Å². The van der Waals surface area contributed by atoms with Crippen molar-refractivity contribution in [2.75, 3.05) is 0 Å². The van der Waals surface area contributed by atoms with Crippen molar-refractivity contribution in [1.29, 1.82) is 0 Å². The standard InChI is InChI=1S/C13H15N3S/c14-8-11-13(10-1-2-10)16-12(17-11)7-9-3-5-15-6-4-9/h3-6,10H,1-2,7-8,14H2. The Kier molecular flexibility index (Phi) is 2.91. The summed E-state index contributed by atoms with van der Waals surface area (Å²) in [5, 5.41) is 1.18. The molecular weight excluding hydrogens is 230 g/mol. The largest absolute Gasteiger partial charge is 0.326 e. The minimum Gasteiger partial charge on any atom is -0.326 e. The Hall–Kier alpha value is -1.26. The maximum absolute atomic E-state index is 5.78. The van der Waals surface area contributed by atoms with Gasteiger partial charge in [0.25, 0.3) is 0 Å². The van der Waals surface area contributed by atoms with E-state index in [1.165, 1.54) is 34.0 Å².